The Balaban J connectivity index is 1.75. The first-order chi connectivity index (χ1) is 11.2. The molecule has 23 heavy (non-hydrogen) atoms. The molecule has 1 aromatic carbocycles. The Bertz CT molecular complexity index is 439. The van der Waals surface area contributed by atoms with Crippen LogP contribution in [0.1, 0.15) is 45.6 Å². The van der Waals surface area contributed by atoms with Gasteiger partial charge in [0.25, 0.3) is 0 Å². The predicted molar refractivity (Wildman–Crippen MR) is 97.9 cm³/mol. The van der Waals surface area contributed by atoms with Crippen LogP contribution in [0.25, 0.3) is 0 Å². The zero-order valence-corrected chi connectivity index (χ0v) is 15.2. The summed E-state index contributed by atoms with van der Waals surface area (Å²) in [7, 11) is 0. The molecule has 3 heteroatoms. The van der Waals surface area contributed by atoms with E-state index >= 15 is 0 Å². The van der Waals surface area contributed by atoms with Crippen molar-refractivity contribution in [3.63, 3.8) is 0 Å². The van der Waals surface area contributed by atoms with Crippen LogP contribution in [0.2, 0.25) is 0 Å². The molecule has 1 aromatic rings. The summed E-state index contributed by atoms with van der Waals surface area (Å²) in [5.74, 6) is 2.57. The zero-order chi connectivity index (χ0) is 16.5. The van der Waals surface area contributed by atoms with Gasteiger partial charge < -0.3 is 10.1 Å². The molecule has 0 atom stereocenters. The average Bonchev–Trinajstić information content (AvgIpc) is 2.54. The number of nitrogens with one attached hydrogen (secondary N) is 1. The minimum Gasteiger partial charge on any atom is -0.494 e. The van der Waals surface area contributed by atoms with Gasteiger partial charge in [0.15, 0.2) is 0 Å². The number of likely N-dealkylation sites (tertiary alicyclic amines) is 1. The summed E-state index contributed by atoms with van der Waals surface area (Å²) >= 11 is 0. The SMILES string of the molecule is CCNCC1CCN(Cc2cccc(OCCC(C)C)c2)CC1. The van der Waals surface area contributed by atoms with Gasteiger partial charge in [-0.25, -0.2) is 0 Å². The highest BCUT2D eigenvalue weighted by Gasteiger charge is 2.18. The van der Waals surface area contributed by atoms with E-state index in [0.29, 0.717) is 5.92 Å². The second-order valence-electron chi connectivity index (χ2n) is 7.21. The van der Waals surface area contributed by atoms with Crippen molar-refractivity contribution in [3.05, 3.63) is 29.8 Å². The minimum atomic E-state index is 0.696. The first kappa shape index (κ1) is 18.3. The molecule has 0 spiro atoms. The topological polar surface area (TPSA) is 24.5 Å². The van der Waals surface area contributed by atoms with Crippen LogP contribution in [0.15, 0.2) is 24.3 Å². The molecule has 0 bridgehead atoms. The third-order valence-corrected chi connectivity index (χ3v) is 4.66. The monoisotopic (exact) mass is 318 g/mol. The number of benzene rings is 1. The van der Waals surface area contributed by atoms with Crippen molar-refractivity contribution in [3.8, 4) is 5.75 Å². The standard InChI is InChI=1S/C20H34N2O/c1-4-21-15-18-8-11-22(12-9-18)16-19-6-5-7-20(14-19)23-13-10-17(2)3/h5-7,14,17-18,21H,4,8-13,15-16H2,1-3H3. The normalized spacial score (nSPS) is 16.9. The van der Waals surface area contributed by atoms with Crippen LogP contribution < -0.4 is 10.1 Å². The van der Waals surface area contributed by atoms with Crippen molar-refractivity contribution in [2.45, 2.75) is 46.6 Å². The molecule has 1 N–H and O–H groups in total. The van der Waals surface area contributed by atoms with Gasteiger partial charge in [0.05, 0.1) is 6.61 Å². The molecule has 1 fully saturated rings. The smallest absolute Gasteiger partial charge is 0.119 e. The van der Waals surface area contributed by atoms with Gasteiger partial charge >= 0.3 is 0 Å². The fourth-order valence-corrected chi connectivity index (χ4v) is 3.10. The van der Waals surface area contributed by atoms with E-state index in [0.717, 1.165) is 37.8 Å². The highest BCUT2D eigenvalue weighted by atomic mass is 16.5. The van der Waals surface area contributed by atoms with Crippen molar-refractivity contribution >= 4 is 0 Å². The summed E-state index contributed by atoms with van der Waals surface area (Å²) in [4.78, 5) is 2.58. The first-order valence-electron chi connectivity index (χ1n) is 9.32. The number of nitrogens with zero attached hydrogens (tertiary/aromatic N) is 1. The van der Waals surface area contributed by atoms with Gasteiger partial charge in [0, 0.05) is 6.54 Å². The number of ether oxygens (including phenoxy) is 1. The summed E-state index contributed by atoms with van der Waals surface area (Å²) in [6.07, 6.45) is 3.75. The van der Waals surface area contributed by atoms with Crippen LogP contribution in [0, 0.1) is 11.8 Å². The van der Waals surface area contributed by atoms with E-state index in [9.17, 15) is 0 Å². The Morgan fingerprint density at radius 2 is 2.04 bits per heavy atom. The van der Waals surface area contributed by atoms with Gasteiger partial charge in [-0.2, -0.15) is 0 Å². The van der Waals surface area contributed by atoms with Gasteiger partial charge in [-0.05, 0) is 75.0 Å². The van der Waals surface area contributed by atoms with Gasteiger partial charge in [0.1, 0.15) is 5.75 Å². The Morgan fingerprint density at radius 3 is 2.74 bits per heavy atom. The molecule has 0 radical (unpaired) electrons. The van der Waals surface area contributed by atoms with E-state index in [1.165, 1.54) is 38.0 Å². The molecule has 3 nitrogen and oxygen atoms in total. The highest BCUT2D eigenvalue weighted by molar-refractivity contribution is 5.28. The van der Waals surface area contributed by atoms with Gasteiger partial charge in [-0.15, -0.1) is 0 Å². The Hall–Kier alpha value is -1.06. The third-order valence-electron chi connectivity index (χ3n) is 4.66. The van der Waals surface area contributed by atoms with E-state index in [1.807, 2.05) is 0 Å². The quantitative estimate of drug-likeness (QED) is 0.746. The molecule has 1 aliphatic rings. The van der Waals surface area contributed by atoms with E-state index in [1.54, 1.807) is 0 Å². The lowest BCUT2D eigenvalue weighted by Crippen LogP contribution is -2.36. The molecule has 1 heterocycles. The van der Waals surface area contributed by atoms with Crippen LogP contribution in [0.3, 0.4) is 0 Å². The average molecular weight is 319 g/mol. The van der Waals surface area contributed by atoms with E-state index in [4.69, 9.17) is 4.74 Å². The molecule has 0 aliphatic carbocycles. The zero-order valence-electron chi connectivity index (χ0n) is 15.2. The molecule has 0 unspecified atom stereocenters. The summed E-state index contributed by atoms with van der Waals surface area (Å²) in [5, 5.41) is 3.48. The summed E-state index contributed by atoms with van der Waals surface area (Å²) in [5.41, 5.74) is 1.37. The van der Waals surface area contributed by atoms with Crippen LogP contribution >= 0.6 is 0 Å². The summed E-state index contributed by atoms with van der Waals surface area (Å²) < 4.78 is 5.88. The van der Waals surface area contributed by atoms with E-state index < -0.39 is 0 Å². The third kappa shape index (κ3) is 6.92. The summed E-state index contributed by atoms with van der Waals surface area (Å²) in [6.45, 7) is 13.2. The molecule has 0 aromatic heterocycles. The molecule has 1 aliphatic heterocycles. The van der Waals surface area contributed by atoms with E-state index in [2.05, 4.69) is 55.3 Å². The van der Waals surface area contributed by atoms with Crippen molar-refractivity contribution in [2.75, 3.05) is 32.8 Å². The van der Waals surface area contributed by atoms with Crippen molar-refractivity contribution < 1.29 is 4.74 Å². The predicted octanol–water partition coefficient (Wildman–Crippen LogP) is 3.93. The lowest BCUT2D eigenvalue weighted by atomic mass is 9.96. The number of rotatable bonds is 9. The fourth-order valence-electron chi connectivity index (χ4n) is 3.10. The molecule has 1 saturated heterocycles. The lowest BCUT2D eigenvalue weighted by Gasteiger charge is -2.32. The number of piperidine rings is 1. The van der Waals surface area contributed by atoms with E-state index in [-0.39, 0.29) is 0 Å². The van der Waals surface area contributed by atoms with Gasteiger partial charge in [-0.3, -0.25) is 4.90 Å². The minimum absolute atomic E-state index is 0.696. The van der Waals surface area contributed by atoms with Crippen LogP contribution in [-0.2, 0) is 6.54 Å². The lowest BCUT2D eigenvalue weighted by molar-refractivity contribution is 0.175. The van der Waals surface area contributed by atoms with Crippen LogP contribution in [0.4, 0.5) is 0 Å². The van der Waals surface area contributed by atoms with Crippen molar-refractivity contribution in [1.82, 2.24) is 10.2 Å². The fraction of sp³-hybridized carbons (Fsp3) is 0.700. The highest BCUT2D eigenvalue weighted by Crippen LogP contribution is 2.20. The van der Waals surface area contributed by atoms with Gasteiger partial charge in [-0.1, -0.05) is 32.9 Å². The molecule has 130 valence electrons. The first-order valence-corrected chi connectivity index (χ1v) is 9.32. The second-order valence-corrected chi connectivity index (χ2v) is 7.21. The summed E-state index contributed by atoms with van der Waals surface area (Å²) in [6, 6.07) is 8.63. The number of hydrogen-bond donors (Lipinski definition) is 1. The maximum absolute atomic E-state index is 5.88. The molecule has 0 amide bonds. The van der Waals surface area contributed by atoms with Crippen molar-refractivity contribution in [2.24, 2.45) is 11.8 Å². The molecule has 0 saturated carbocycles. The van der Waals surface area contributed by atoms with Crippen LogP contribution in [0.5, 0.6) is 5.75 Å². The van der Waals surface area contributed by atoms with Gasteiger partial charge in [0.2, 0.25) is 0 Å². The Kier molecular flexibility index (Phi) is 7.90. The largest absolute Gasteiger partial charge is 0.494 e. The van der Waals surface area contributed by atoms with Crippen molar-refractivity contribution in [1.29, 1.82) is 0 Å². The second kappa shape index (κ2) is 9.94. The maximum atomic E-state index is 5.88. The van der Waals surface area contributed by atoms with Crippen LogP contribution in [-0.4, -0.2) is 37.7 Å². The molecular weight excluding hydrogens is 284 g/mol. The molecular formula is C20H34N2O. The number of hydrogen-bond acceptors (Lipinski definition) is 3. The molecule has 2 rings (SSSR count). The maximum Gasteiger partial charge on any atom is 0.119 e. The Morgan fingerprint density at radius 1 is 1.26 bits per heavy atom. The Labute approximate surface area is 142 Å².